The third-order valence-electron chi connectivity index (χ3n) is 2.65. The van der Waals surface area contributed by atoms with E-state index in [1.807, 2.05) is 18.2 Å². The van der Waals surface area contributed by atoms with Crippen molar-refractivity contribution in [2.45, 2.75) is 27.2 Å². The van der Waals surface area contributed by atoms with Crippen LogP contribution < -0.4 is 5.32 Å². The molecule has 0 bridgehead atoms. The Morgan fingerprint density at radius 2 is 2.21 bits per heavy atom. The minimum absolute atomic E-state index is 0.119. The van der Waals surface area contributed by atoms with Gasteiger partial charge in [-0.25, -0.2) is 0 Å². The van der Waals surface area contributed by atoms with Crippen LogP contribution in [0.1, 0.15) is 36.7 Å². The summed E-state index contributed by atoms with van der Waals surface area (Å²) in [6.45, 7) is 6.54. The fraction of sp³-hybridized carbons (Fsp3) is 0.400. The van der Waals surface area contributed by atoms with Crippen LogP contribution in [0.25, 0.3) is 0 Å². The van der Waals surface area contributed by atoms with E-state index in [0.29, 0.717) is 12.5 Å². The van der Waals surface area contributed by atoms with E-state index in [1.54, 1.807) is 6.92 Å². The van der Waals surface area contributed by atoms with Gasteiger partial charge in [0.25, 0.3) is 0 Å². The molecule has 0 spiro atoms. The normalized spacial score (nSPS) is 9.95. The number of benzene rings is 1. The number of hydrogen-bond acceptors (Lipinski definition) is 3. The second kappa shape index (κ2) is 8.49. The maximum Gasteiger partial charge on any atom is 0.160 e. The van der Waals surface area contributed by atoms with E-state index >= 15 is 0 Å². The molecule has 0 aromatic heterocycles. The van der Waals surface area contributed by atoms with Crippen molar-refractivity contribution in [2.75, 3.05) is 11.9 Å². The molecule has 0 radical (unpaired) electrons. The number of halogens is 1. The van der Waals surface area contributed by atoms with E-state index in [1.165, 1.54) is 8.93 Å². The fourth-order valence-corrected chi connectivity index (χ4v) is 2.51. The number of hydrogen-bond donors (Lipinski definition) is 1. The molecule has 0 amide bonds. The van der Waals surface area contributed by atoms with Crippen molar-refractivity contribution in [3.63, 3.8) is 0 Å². The Morgan fingerprint density at radius 3 is 2.79 bits per heavy atom. The smallest absolute Gasteiger partial charge is 0.160 e. The standard InChI is InChI=1S/C15H18INOS/c1-11(2)10-14-13(12(3)18)6-4-7-15(14)17-8-5-9-19-16/h4,6-7,11,17H,8,10H2,1-3H3. The topological polar surface area (TPSA) is 29.1 Å². The number of carbonyl (C=O) groups is 1. The van der Waals surface area contributed by atoms with Gasteiger partial charge in [-0.1, -0.05) is 31.9 Å². The van der Waals surface area contributed by atoms with Gasteiger partial charge in [-0.3, -0.25) is 4.79 Å². The highest BCUT2D eigenvalue weighted by molar-refractivity contribution is 14.2. The van der Waals surface area contributed by atoms with E-state index < -0.39 is 0 Å². The summed E-state index contributed by atoms with van der Waals surface area (Å²) in [6.07, 6.45) is 0.895. The molecule has 1 aromatic rings. The molecule has 0 atom stereocenters. The molecule has 1 N–H and O–H groups in total. The molecule has 0 aliphatic rings. The molecule has 0 saturated carbocycles. The van der Waals surface area contributed by atoms with Crippen molar-refractivity contribution >= 4 is 41.6 Å². The van der Waals surface area contributed by atoms with Crippen LogP contribution in [-0.2, 0) is 6.42 Å². The number of rotatable bonds is 5. The summed E-state index contributed by atoms with van der Waals surface area (Å²) in [5, 5.41) is 6.25. The van der Waals surface area contributed by atoms with Gasteiger partial charge in [0.2, 0.25) is 0 Å². The van der Waals surface area contributed by atoms with E-state index in [2.05, 4.69) is 51.5 Å². The monoisotopic (exact) mass is 387 g/mol. The Labute approximate surface area is 131 Å². The fourth-order valence-electron chi connectivity index (χ4n) is 1.91. The van der Waals surface area contributed by atoms with Crippen LogP contribution in [-0.4, -0.2) is 12.3 Å². The van der Waals surface area contributed by atoms with Crippen LogP contribution in [0.2, 0.25) is 0 Å². The maximum absolute atomic E-state index is 11.7. The predicted molar refractivity (Wildman–Crippen MR) is 92.9 cm³/mol. The molecule has 0 aliphatic heterocycles. The summed E-state index contributed by atoms with van der Waals surface area (Å²) in [6, 6.07) is 5.84. The molecule has 102 valence electrons. The molecule has 0 aliphatic carbocycles. The Morgan fingerprint density at radius 1 is 1.47 bits per heavy atom. The maximum atomic E-state index is 11.7. The zero-order valence-electron chi connectivity index (χ0n) is 11.4. The predicted octanol–water partition coefficient (Wildman–Crippen LogP) is 4.54. The Kier molecular flexibility index (Phi) is 7.32. The summed E-state index contributed by atoms with van der Waals surface area (Å²) in [7, 11) is 1.47. The quantitative estimate of drug-likeness (QED) is 0.457. The van der Waals surface area contributed by atoms with Crippen LogP contribution in [0.15, 0.2) is 18.2 Å². The van der Waals surface area contributed by atoms with Gasteiger partial charge in [-0.05, 0) is 45.1 Å². The van der Waals surface area contributed by atoms with Crippen molar-refractivity contribution in [1.82, 2.24) is 0 Å². The number of carbonyl (C=O) groups excluding carboxylic acids is 1. The van der Waals surface area contributed by atoms with Gasteiger partial charge in [0.15, 0.2) is 5.78 Å². The molecule has 2 nitrogen and oxygen atoms in total. The first-order chi connectivity index (χ1) is 9.06. The number of ketones is 1. The Balaban J connectivity index is 3.01. The molecular formula is C15H18INOS. The van der Waals surface area contributed by atoms with Crippen LogP contribution in [0.4, 0.5) is 5.69 Å². The summed E-state index contributed by atoms with van der Waals surface area (Å²) < 4.78 is 0. The van der Waals surface area contributed by atoms with Crippen LogP contribution in [0.3, 0.4) is 0 Å². The van der Waals surface area contributed by atoms with Crippen LogP contribution >= 0.6 is 30.1 Å². The first-order valence-corrected chi connectivity index (χ1v) is 9.54. The first kappa shape index (κ1) is 16.4. The molecule has 4 heteroatoms. The van der Waals surface area contributed by atoms with Crippen LogP contribution in [0, 0.1) is 17.1 Å². The SMILES string of the molecule is CC(=O)c1cccc(NCC#CSI)c1CC(C)C. The summed E-state index contributed by atoms with van der Waals surface area (Å²) in [5.74, 6) is 3.65. The number of Topliss-reactive ketones (excluding diaryl/α,β-unsaturated/α-hetero) is 1. The largest absolute Gasteiger partial charge is 0.374 e. The molecule has 19 heavy (non-hydrogen) atoms. The zero-order valence-corrected chi connectivity index (χ0v) is 14.4. The average Bonchev–Trinajstić information content (AvgIpc) is 2.35. The highest BCUT2D eigenvalue weighted by Crippen LogP contribution is 2.23. The minimum atomic E-state index is 0.119. The molecule has 0 fully saturated rings. The molecule has 1 rings (SSSR count). The van der Waals surface area contributed by atoms with E-state index in [0.717, 1.165) is 23.2 Å². The number of nitrogens with one attached hydrogen (secondary N) is 1. The molecule has 0 unspecified atom stereocenters. The van der Waals surface area contributed by atoms with Crippen molar-refractivity contribution in [1.29, 1.82) is 0 Å². The second-order valence-corrected chi connectivity index (χ2v) is 6.38. The van der Waals surface area contributed by atoms with Gasteiger partial charge >= 0.3 is 0 Å². The summed E-state index contributed by atoms with van der Waals surface area (Å²) in [5.41, 5.74) is 2.94. The van der Waals surface area contributed by atoms with Gasteiger partial charge < -0.3 is 5.32 Å². The van der Waals surface area contributed by atoms with Gasteiger partial charge in [0.1, 0.15) is 0 Å². The summed E-state index contributed by atoms with van der Waals surface area (Å²) in [4.78, 5) is 11.7. The Hall–Kier alpha value is -0.670. The third kappa shape index (κ3) is 5.45. The first-order valence-electron chi connectivity index (χ1n) is 6.18. The highest BCUT2D eigenvalue weighted by Gasteiger charge is 2.12. The van der Waals surface area contributed by atoms with Crippen molar-refractivity contribution in [3.05, 3.63) is 29.3 Å². The van der Waals surface area contributed by atoms with Gasteiger partial charge in [-0.15, -0.1) is 0 Å². The lowest BCUT2D eigenvalue weighted by molar-refractivity contribution is 0.101. The lowest BCUT2D eigenvalue weighted by Gasteiger charge is -2.15. The van der Waals surface area contributed by atoms with Crippen molar-refractivity contribution in [2.24, 2.45) is 5.92 Å². The van der Waals surface area contributed by atoms with Crippen molar-refractivity contribution < 1.29 is 4.79 Å². The van der Waals surface area contributed by atoms with Gasteiger partial charge in [-0.2, -0.15) is 0 Å². The molecule has 1 aromatic carbocycles. The molecule has 0 heterocycles. The lowest BCUT2D eigenvalue weighted by atomic mass is 9.94. The van der Waals surface area contributed by atoms with Crippen LogP contribution in [0.5, 0.6) is 0 Å². The van der Waals surface area contributed by atoms with Gasteiger partial charge in [0.05, 0.1) is 6.54 Å². The average molecular weight is 387 g/mol. The second-order valence-electron chi connectivity index (χ2n) is 4.70. The van der Waals surface area contributed by atoms with Gasteiger partial charge in [0, 0.05) is 32.5 Å². The van der Waals surface area contributed by atoms with E-state index in [-0.39, 0.29) is 5.78 Å². The minimum Gasteiger partial charge on any atom is -0.374 e. The molecule has 0 saturated heterocycles. The van der Waals surface area contributed by atoms with Crippen molar-refractivity contribution in [3.8, 4) is 11.2 Å². The summed E-state index contributed by atoms with van der Waals surface area (Å²) >= 11 is 2.15. The zero-order chi connectivity index (χ0) is 14.3. The number of anilines is 1. The lowest BCUT2D eigenvalue weighted by Crippen LogP contribution is -2.09. The Bertz CT molecular complexity index is 503. The molecular weight excluding hydrogens is 369 g/mol. The van der Waals surface area contributed by atoms with E-state index in [4.69, 9.17) is 0 Å². The van der Waals surface area contributed by atoms with E-state index in [9.17, 15) is 4.79 Å². The highest BCUT2D eigenvalue weighted by atomic mass is 127. The third-order valence-corrected chi connectivity index (χ3v) is 3.53.